The van der Waals surface area contributed by atoms with Crippen molar-refractivity contribution in [1.29, 1.82) is 0 Å². The van der Waals surface area contributed by atoms with Gasteiger partial charge in [-0.1, -0.05) is 20.8 Å². The van der Waals surface area contributed by atoms with Gasteiger partial charge in [-0.15, -0.1) is 0 Å². The van der Waals surface area contributed by atoms with E-state index in [1.54, 1.807) is 0 Å². The Balaban J connectivity index is 0. The summed E-state index contributed by atoms with van der Waals surface area (Å²) in [6, 6.07) is 0. The topological polar surface area (TPSA) is 36.1 Å². The lowest BCUT2D eigenvalue weighted by Gasteiger charge is -2.14. The van der Waals surface area contributed by atoms with Crippen molar-refractivity contribution in [3.8, 4) is 0 Å². The molecule has 0 amide bonds. The molecule has 81 valence electrons. The largest absolute Gasteiger partial charge is 0.600 e. The highest BCUT2D eigenvalue weighted by atomic mass is 27.2. The molecule has 0 aromatic carbocycles. The zero-order valence-corrected chi connectivity index (χ0v) is 12.2. The normalized spacial score (nSPS) is 9.64. The van der Waals surface area contributed by atoms with Gasteiger partial charge < -0.3 is 12.9 Å². The fourth-order valence-electron chi connectivity index (χ4n) is 1.08. The van der Waals surface area contributed by atoms with Crippen LogP contribution < -0.4 is 12.9 Å². The quantitative estimate of drug-likeness (QED) is 0.505. The van der Waals surface area contributed by atoms with Crippen molar-refractivity contribution in [3.63, 3.8) is 0 Å². The van der Waals surface area contributed by atoms with Crippen LogP contribution >= 0.6 is 0 Å². The van der Waals surface area contributed by atoms with Crippen LogP contribution in [0, 0.1) is 0 Å². The summed E-state index contributed by atoms with van der Waals surface area (Å²) >= 11 is -1.04. The molecular weight excluding hydrogens is 204 g/mol. The van der Waals surface area contributed by atoms with Crippen LogP contribution in [0.4, 0.5) is 0 Å². The first-order chi connectivity index (χ1) is 6.35. The second-order valence-electron chi connectivity index (χ2n) is 3.30. The number of hydrogen-bond donors (Lipinski definition) is 3. The van der Waals surface area contributed by atoms with Crippen molar-refractivity contribution in [3.05, 3.63) is 0 Å². The molecule has 5 heteroatoms. The molecule has 0 aromatic rings. The molecule has 0 atom stereocenters. The van der Waals surface area contributed by atoms with E-state index in [4.69, 9.17) is 0 Å². The monoisotopic (exact) mass is 228 g/mol. The molecule has 3 nitrogen and oxygen atoms in total. The Hall–Kier alpha value is 0.945. The molecule has 0 saturated heterocycles. The molecule has 0 aromatic heterocycles. The summed E-state index contributed by atoms with van der Waals surface area (Å²) in [5.74, 6) is 0. The molecule has 0 spiro atoms. The standard InChI is InChI=1S/3C3H8N.2Al/c3*1-2-3-4;;/h3*4H,2-3H2,1H3;;/q3*-1;;+3. The van der Waals surface area contributed by atoms with E-state index in [2.05, 4.69) is 33.7 Å². The Labute approximate surface area is 105 Å². The Morgan fingerprint density at radius 2 is 1.00 bits per heavy atom. The second kappa shape index (κ2) is 13.9. The molecule has 3 radical (unpaired) electrons. The first kappa shape index (κ1) is 17.3. The van der Waals surface area contributed by atoms with Crippen molar-refractivity contribution < 1.29 is 0 Å². The van der Waals surface area contributed by atoms with Crippen molar-refractivity contribution in [1.82, 2.24) is 12.9 Å². The van der Waals surface area contributed by atoms with Gasteiger partial charge in [-0.05, 0) is 38.9 Å². The van der Waals surface area contributed by atoms with E-state index in [9.17, 15) is 0 Å². The van der Waals surface area contributed by atoms with Crippen LogP contribution in [0.1, 0.15) is 40.0 Å². The lowest BCUT2D eigenvalue weighted by Crippen LogP contribution is -2.58. The maximum Gasteiger partial charge on any atom is 0.600 e. The van der Waals surface area contributed by atoms with Crippen LogP contribution in [-0.2, 0) is 0 Å². The van der Waals surface area contributed by atoms with E-state index in [1.165, 1.54) is 19.3 Å². The fourth-order valence-corrected chi connectivity index (χ4v) is 3.25. The van der Waals surface area contributed by atoms with E-state index in [1.807, 2.05) is 0 Å². The van der Waals surface area contributed by atoms with E-state index < -0.39 is 14.8 Å². The molecule has 0 rings (SSSR count). The SMILES string of the molecule is CCC[NH][Al]([NH]CCC)[NH]CCC.[Al]. The summed E-state index contributed by atoms with van der Waals surface area (Å²) in [5.41, 5.74) is 0. The summed E-state index contributed by atoms with van der Waals surface area (Å²) in [7, 11) is 0. The maximum atomic E-state index is 3.56. The van der Waals surface area contributed by atoms with Gasteiger partial charge in [0.15, 0.2) is 0 Å². The average Bonchev–Trinajstić information content (AvgIpc) is 2.17. The third-order valence-corrected chi connectivity index (χ3v) is 3.89. The summed E-state index contributed by atoms with van der Waals surface area (Å²) in [4.78, 5) is 0. The molecule has 0 unspecified atom stereocenters. The first-order valence-corrected chi connectivity index (χ1v) is 7.28. The Bertz CT molecular complexity index is 85.0. The number of nitrogens with one attached hydrogen (secondary N) is 3. The van der Waals surface area contributed by atoms with E-state index in [-0.39, 0.29) is 17.4 Å². The molecule has 14 heavy (non-hydrogen) atoms. The zero-order chi connectivity index (χ0) is 9.94. The fraction of sp³-hybridized carbons (Fsp3) is 1.00. The van der Waals surface area contributed by atoms with Gasteiger partial charge in [0.25, 0.3) is 0 Å². The third-order valence-electron chi connectivity index (χ3n) is 1.80. The Kier molecular flexibility index (Phi) is 17.3. The van der Waals surface area contributed by atoms with Crippen LogP contribution in [0.25, 0.3) is 0 Å². The highest BCUT2D eigenvalue weighted by molar-refractivity contribution is 6.50. The third kappa shape index (κ3) is 11.0. The van der Waals surface area contributed by atoms with Gasteiger partial charge in [0.2, 0.25) is 0 Å². The summed E-state index contributed by atoms with van der Waals surface area (Å²) in [5, 5.41) is 0. The van der Waals surface area contributed by atoms with Crippen molar-refractivity contribution in [2.24, 2.45) is 0 Å². The van der Waals surface area contributed by atoms with Gasteiger partial charge in [0.1, 0.15) is 0 Å². The average molecular weight is 228 g/mol. The molecular formula is C9H24Al2N3. The van der Waals surface area contributed by atoms with Gasteiger partial charge in [-0.3, -0.25) is 0 Å². The van der Waals surface area contributed by atoms with Crippen molar-refractivity contribution in [2.45, 2.75) is 40.0 Å². The highest BCUT2D eigenvalue weighted by Gasteiger charge is 2.17. The van der Waals surface area contributed by atoms with Crippen molar-refractivity contribution >= 4 is 32.2 Å². The van der Waals surface area contributed by atoms with Crippen LogP contribution in [0.3, 0.4) is 0 Å². The Morgan fingerprint density at radius 1 is 0.714 bits per heavy atom. The van der Waals surface area contributed by atoms with Gasteiger partial charge in [-0.2, -0.15) is 0 Å². The minimum Gasteiger partial charge on any atom is -0.371 e. The van der Waals surface area contributed by atoms with Gasteiger partial charge >= 0.3 is 14.8 Å². The molecule has 0 aliphatic heterocycles. The predicted molar refractivity (Wildman–Crippen MR) is 66.4 cm³/mol. The lowest BCUT2D eigenvalue weighted by molar-refractivity contribution is 0.735. The Morgan fingerprint density at radius 3 is 1.21 bits per heavy atom. The molecule has 0 saturated carbocycles. The lowest BCUT2D eigenvalue weighted by atomic mass is 10.5. The van der Waals surface area contributed by atoms with E-state index >= 15 is 0 Å². The number of rotatable bonds is 9. The second-order valence-corrected chi connectivity index (χ2v) is 5.39. The van der Waals surface area contributed by atoms with Crippen molar-refractivity contribution in [2.75, 3.05) is 19.6 Å². The minimum atomic E-state index is -1.04. The van der Waals surface area contributed by atoms with E-state index in [0.717, 1.165) is 19.6 Å². The highest BCUT2D eigenvalue weighted by Crippen LogP contribution is 1.76. The summed E-state index contributed by atoms with van der Waals surface area (Å²) in [6.07, 6.45) is 3.64. The molecule has 0 fully saturated rings. The molecule has 0 bridgehead atoms. The predicted octanol–water partition coefficient (Wildman–Crippen LogP) is 0.589. The maximum absolute atomic E-state index is 3.56. The van der Waals surface area contributed by atoms with E-state index in [0.29, 0.717) is 0 Å². The molecule has 0 aliphatic rings. The smallest absolute Gasteiger partial charge is 0.371 e. The summed E-state index contributed by atoms with van der Waals surface area (Å²) < 4.78 is 10.7. The molecule has 0 heterocycles. The molecule has 0 aliphatic carbocycles. The first-order valence-electron chi connectivity index (χ1n) is 5.55. The zero-order valence-electron chi connectivity index (χ0n) is 9.90. The summed E-state index contributed by atoms with van der Waals surface area (Å²) in [6.45, 7) is 10.0. The van der Waals surface area contributed by atoms with Gasteiger partial charge in [0.05, 0.1) is 0 Å². The van der Waals surface area contributed by atoms with Crippen LogP contribution in [-0.4, -0.2) is 51.8 Å². The molecule has 3 N–H and O–H groups in total. The van der Waals surface area contributed by atoms with Crippen LogP contribution in [0.15, 0.2) is 0 Å². The van der Waals surface area contributed by atoms with Gasteiger partial charge in [-0.25, -0.2) is 0 Å². The van der Waals surface area contributed by atoms with Gasteiger partial charge in [0, 0.05) is 17.4 Å². The number of hydrogen-bond acceptors (Lipinski definition) is 3. The van der Waals surface area contributed by atoms with Crippen LogP contribution in [0.5, 0.6) is 0 Å². The minimum absolute atomic E-state index is 0. The van der Waals surface area contributed by atoms with Crippen LogP contribution in [0.2, 0.25) is 0 Å².